The highest BCUT2D eigenvalue weighted by Gasteiger charge is 2.15. The molecule has 0 spiro atoms. The van der Waals surface area contributed by atoms with E-state index >= 15 is 0 Å². The quantitative estimate of drug-likeness (QED) is 0.679. The number of anilines is 1. The Hall–Kier alpha value is -2.35. The molecule has 8 heteroatoms. The first-order valence-corrected chi connectivity index (χ1v) is 8.83. The number of thioether (sulfide) groups is 1. The minimum atomic E-state index is -0.193. The van der Waals surface area contributed by atoms with E-state index in [1.165, 1.54) is 18.1 Å². The van der Waals surface area contributed by atoms with Crippen LogP contribution in [0.4, 0.5) is 5.69 Å². The number of nitrogens with zero attached hydrogens (tertiary/aromatic N) is 2. The molecule has 2 amide bonds. The topological polar surface area (TPSA) is 99.8 Å². The smallest absolute Gasteiger partial charge is 0.234 e. The zero-order valence-electron chi connectivity index (χ0n) is 13.7. The van der Waals surface area contributed by atoms with Crippen LogP contribution < -0.4 is 10.6 Å². The van der Waals surface area contributed by atoms with Crippen molar-refractivity contribution in [2.75, 3.05) is 16.8 Å². The molecular weight excluding hydrogens is 326 g/mol. The molecule has 3 N–H and O–H groups in total. The molecule has 0 saturated carbocycles. The van der Waals surface area contributed by atoms with Crippen LogP contribution in [0.25, 0.3) is 0 Å². The number of benzene rings is 1. The van der Waals surface area contributed by atoms with Gasteiger partial charge in [0, 0.05) is 5.69 Å². The van der Waals surface area contributed by atoms with E-state index < -0.39 is 0 Å². The number of amides is 2. The molecule has 0 aliphatic heterocycles. The van der Waals surface area contributed by atoms with Crippen molar-refractivity contribution in [2.45, 2.75) is 26.3 Å². The Bertz CT molecular complexity index is 658. The maximum Gasteiger partial charge on any atom is 0.234 e. The van der Waals surface area contributed by atoms with Gasteiger partial charge in [-0.25, -0.2) is 4.98 Å². The molecule has 128 valence electrons. The minimum Gasteiger partial charge on any atom is -0.345 e. The summed E-state index contributed by atoms with van der Waals surface area (Å²) < 4.78 is 0. The predicted octanol–water partition coefficient (Wildman–Crippen LogP) is 2.05. The van der Waals surface area contributed by atoms with E-state index in [-0.39, 0.29) is 29.4 Å². The Morgan fingerprint density at radius 3 is 2.54 bits per heavy atom. The van der Waals surface area contributed by atoms with Crippen molar-refractivity contribution in [1.29, 1.82) is 0 Å². The van der Waals surface area contributed by atoms with Gasteiger partial charge in [0.2, 0.25) is 11.8 Å². The fourth-order valence-electron chi connectivity index (χ4n) is 2.05. The van der Waals surface area contributed by atoms with Crippen LogP contribution in [0.3, 0.4) is 0 Å². The molecule has 0 aliphatic carbocycles. The van der Waals surface area contributed by atoms with Gasteiger partial charge in [-0.3, -0.25) is 14.7 Å². The van der Waals surface area contributed by atoms with Crippen molar-refractivity contribution >= 4 is 29.3 Å². The number of aryl methyl sites for hydroxylation is 1. The normalized spacial score (nSPS) is 11.8. The number of aromatic nitrogens is 3. The van der Waals surface area contributed by atoms with Crippen LogP contribution in [0.5, 0.6) is 0 Å². The summed E-state index contributed by atoms with van der Waals surface area (Å²) >= 11 is 1.27. The molecule has 1 heterocycles. The number of nitrogens with one attached hydrogen (secondary N) is 3. The summed E-state index contributed by atoms with van der Waals surface area (Å²) in [4.78, 5) is 27.9. The van der Waals surface area contributed by atoms with Crippen molar-refractivity contribution < 1.29 is 9.59 Å². The molecule has 0 aliphatic rings. The van der Waals surface area contributed by atoms with Crippen molar-refractivity contribution in [3.05, 3.63) is 42.0 Å². The Morgan fingerprint density at radius 1 is 1.21 bits per heavy atom. The van der Waals surface area contributed by atoms with Crippen LogP contribution in [0.15, 0.2) is 30.6 Å². The van der Waals surface area contributed by atoms with E-state index in [9.17, 15) is 9.59 Å². The average Bonchev–Trinajstić information content (AvgIpc) is 3.09. The molecule has 0 fully saturated rings. The van der Waals surface area contributed by atoms with Gasteiger partial charge in [-0.05, 0) is 25.5 Å². The van der Waals surface area contributed by atoms with Gasteiger partial charge < -0.3 is 10.6 Å². The number of hydrogen-bond donors (Lipinski definition) is 3. The molecule has 1 aromatic heterocycles. The van der Waals surface area contributed by atoms with Gasteiger partial charge in [-0.1, -0.05) is 24.6 Å². The Kier molecular flexibility index (Phi) is 6.80. The van der Waals surface area contributed by atoms with E-state index in [0.717, 1.165) is 11.3 Å². The molecule has 7 nitrogen and oxygen atoms in total. The summed E-state index contributed by atoms with van der Waals surface area (Å²) in [6, 6.07) is 7.39. The summed E-state index contributed by atoms with van der Waals surface area (Å²) in [6.45, 7) is 3.94. The van der Waals surface area contributed by atoms with Gasteiger partial charge in [0.25, 0.3) is 0 Å². The number of hydrogen-bond acceptors (Lipinski definition) is 5. The van der Waals surface area contributed by atoms with Gasteiger partial charge in [-0.2, -0.15) is 5.10 Å². The number of carbonyl (C=O) groups is 2. The zero-order valence-corrected chi connectivity index (χ0v) is 14.5. The summed E-state index contributed by atoms with van der Waals surface area (Å²) in [5, 5.41) is 12.2. The number of H-pyrrole nitrogens is 1. The monoisotopic (exact) mass is 347 g/mol. The van der Waals surface area contributed by atoms with E-state index in [2.05, 4.69) is 25.8 Å². The first-order valence-electron chi connectivity index (χ1n) is 7.67. The average molecular weight is 347 g/mol. The third kappa shape index (κ3) is 5.69. The molecule has 0 bridgehead atoms. The lowest BCUT2D eigenvalue weighted by atomic mass is 10.2. The lowest BCUT2D eigenvalue weighted by molar-refractivity contribution is -0.119. The highest BCUT2D eigenvalue weighted by Crippen LogP contribution is 2.12. The lowest BCUT2D eigenvalue weighted by Gasteiger charge is -2.13. The highest BCUT2D eigenvalue weighted by molar-refractivity contribution is 8.00. The van der Waals surface area contributed by atoms with Crippen LogP contribution in [0, 0.1) is 6.92 Å². The molecule has 0 saturated heterocycles. The van der Waals surface area contributed by atoms with E-state index in [4.69, 9.17) is 0 Å². The van der Waals surface area contributed by atoms with Gasteiger partial charge in [-0.15, -0.1) is 11.8 Å². The van der Waals surface area contributed by atoms with Crippen molar-refractivity contribution in [3.8, 4) is 0 Å². The molecule has 1 aromatic carbocycles. The fraction of sp³-hybridized carbons (Fsp3) is 0.375. The molecule has 1 atom stereocenters. The van der Waals surface area contributed by atoms with Gasteiger partial charge >= 0.3 is 0 Å². The van der Waals surface area contributed by atoms with Gasteiger partial charge in [0.1, 0.15) is 12.2 Å². The van der Waals surface area contributed by atoms with Crippen molar-refractivity contribution in [2.24, 2.45) is 0 Å². The molecule has 24 heavy (non-hydrogen) atoms. The van der Waals surface area contributed by atoms with Crippen LogP contribution in [0.2, 0.25) is 0 Å². The van der Waals surface area contributed by atoms with E-state index in [1.54, 1.807) is 0 Å². The summed E-state index contributed by atoms with van der Waals surface area (Å²) in [6.07, 6.45) is 2.12. The van der Waals surface area contributed by atoms with Crippen LogP contribution in [-0.2, 0) is 9.59 Å². The molecule has 1 unspecified atom stereocenters. The standard InChI is InChI=1S/C16H21N5O2S/c1-3-13(16-17-10-18-21-16)20-15(23)9-24-8-14(22)19-12-6-4-11(2)5-7-12/h4-7,10,13H,3,8-9H2,1-2H3,(H,19,22)(H,20,23)(H,17,18,21). The van der Waals surface area contributed by atoms with Crippen LogP contribution >= 0.6 is 11.8 Å². The maximum absolute atomic E-state index is 12.0. The third-order valence-corrected chi connectivity index (χ3v) is 4.24. The summed E-state index contributed by atoms with van der Waals surface area (Å²) in [5.74, 6) is 0.810. The minimum absolute atomic E-state index is 0.126. The van der Waals surface area contributed by atoms with Crippen LogP contribution in [0.1, 0.15) is 30.8 Å². The van der Waals surface area contributed by atoms with Crippen LogP contribution in [-0.4, -0.2) is 38.5 Å². The van der Waals surface area contributed by atoms with Gasteiger partial charge in [0.05, 0.1) is 17.5 Å². The molecule has 2 rings (SSSR count). The molecule has 0 radical (unpaired) electrons. The van der Waals surface area contributed by atoms with Gasteiger partial charge in [0.15, 0.2) is 0 Å². The second kappa shape index (κ2) is 9.07. The van der Waals surface area contributed by atoms with Crippen molar-refractivity contribution in [3.63, 3.8) is 0 Å². The number of carbonyl (C=O) groups excluding carboxylic acids is 2. The third-order valence-electron chi connectivity index (χ3n) is 3.31. The predicted molar refractivity (Wildman–Crippen MR) is 94.7 cm³/mol. The van der Waals surface area contributed by atoms with Crippen molar-refractivity contribution in [1.82, 2.24) is 20.5 Å². The van der Waals surface area contributed by atoms with E-state index in [1.807, 2.05) is 38.1 Å². The zero-order chi connectivity index (χ0) is 17.4. The van der Waals surface area contributed by atoms with E-state index in [0.29, 0.717) is 12.2 Å². The Morgan fingerprint density at radius 2 is 1.92 bits per heavy atom. The number of rotatable bonds is 8. The molecule has 2 aromatic rings. The summed E-state index contributed by atoms with van der Waals surface area (Å²) in [7, 11) is 0. The SMILES string of the molecule is CCC(NC(=O)CSCC(=O)Nc1ccc(C)cc1)c1ncn[nH]1. The largest absolute Gasteiger partial charge is 0.345 e. The fourth-order valence-corrected chi connectivity index (χ4v) is 2.68. The first-order chi connectivity index (χ1) is 11.6. The lowest BCUT2D eigenvalue weighted by Crippen LogP contribution is -2.30. The highest BCUT2D eigenvalue weighted by atomic mass is 32.2. The number of aromatic amines is 1. The second-order valence-corrected chi connectivity index (χ2v) is 6.29. The maximum atomic E-state index is 12.0. The molecular formula is C16H21N5O2S. The Labute approximate surface area is 145 Å². The first kappa shape index (κ1) is 18.0. The Balaban J connectivity index is 1.70. The second-order valence-electron chi connectivity index (χ2n) is 5.31. The summed E-state index contributed by atoms with van der Waals surface area (Å²) in [5.41, 5.74) is 1.89.